The zero-order valence-corrected chi connectivity index (χ0v) is 10.0. The number of hydrogen-bond acceptors (Lipinski definition) is 1. The fourth-order valence-corrected chi connectivity index (χ4v) is 1.75. The van der Waals surface area contributed by atoms with E-state index in [2.05, 4.69) is 45.1 Å². The van der Waals surface area contributed by atoms with Crippen LogP contribution in [0, 0.1) is 5.92 Å². The Labute approximate surface area is 92.8 Å². The summed E-state index contributed by atoms with van der Waals surface area (Å²) in [6.07, 6.45) is 4.38. The molecule has 0 aromatic heterocycles. The van der Waals surface area contributed by atoms with Gasteiger partial charge in [-0.15, -0.1) is 0 Å². The third-order valence-corrected chi connectivity index (χ3v) is 2.62. The molecule has 0 saturated heterocycles. The van der Waals surface area contributed by atoms with Crippen LogP contribution in [0.4, 0.5) is 0 Å². The van der Waals surface area contributed by atoms with Crippen LogP contribution in [0.5, 0.6) is 5.75 Å². The van der Waals surface area contributed by atoms with Gasteiger partial charge < -0.3 is 4.74 Å². The van der Waals surface area contributed by atoms with E-state index in [1.165, 1.54) is 5.56 Å². The second kappa shape index (κ2) is 5.59. The van der Waals surface area contributed by atoms with Crippen molar-refractivity contribution >= 4 is 0 Å². The van der Waals surface area contributed by atoms with Crippen molar-refractivity contribution in [2.24, 2.45) is 5.92 Å². The molecule has 0 aliphatic rings. The standard InChI is InChI=1S/C14H20O/c1-5-6-14(11(2)3)12-7-9-13(15-4)10-8-12/h5-11,14H,1-4H3/b6-5-. The van der Waals surface area contributed by atoms with Crippen molar-refractivity contribution in [2.45, 2.75) is 26.7 Å². The Balaban J connectivity index is 2.91. The molecule has 0 heterocycles. The molecule has 1 rings (SSSR count). The van der Waals surface area contributed by atoms with Gasteiger partial charge in [-0.1, -0.05) is 38.1 Å². The Morgan fingerprint density at radius 3 is 2.13 bits per heavy atom. The van der Waals surface area contributed by atoms with Crippen molar-refractivity contribution in [1.82, 2.24) is 0 Å². The molecule has 1 aromatic rings. The quantitative estimate of drug-likeness (QED) is 0.673. The molecule has 0 spiro atoms. The van der Waals surface area contributed by atoms with Crippen LogP contribution in [-0.2, 0) is 0 Å². The highest BCUT2D eigenvalue weighted by Crippen LogP contribution is 2.27. The van der Waals surface area contributed by atoms with Crippen molar-refractivity contribution in [1.29, 1.82) is 0 Å². The lowest BCUT2D eigenvalue weighted by atomic mass is 9.88. The number of methoxy groups -OCH3 is 1. The summed E-state index contributed by atoms with van der Waals surface area (Å²) in [6.45, 7) is 6.56. The van der Waals surface area contributed by atoms with Gasteiger partial charge in [-0.05, 0) is 30.5 Å². The van der Waals surface area contributed by atoms with E-state index in [-0.39, 0.29) is 0 Å². The smallest absolute Gasteiger partial charge is 0.118 e. The monoisotopic (exact) mass is 204 g/mol. The topological polar surface area (TPSA) is 9.23 Å². The predicted molar refractivity (Wildman–Crippen MR) is 65.4 cm³/mol. The van der Waals surface area contributed by atoms with Gasteiger partial charge >= 0.3 is 0 Å². The lowest BCUT2D eigenvalue weighted by molar-refractivity contribution is 0.414. The van der Waals surface area contributed by atoms with E-state index in [9.17, 15) is 0 Å². The minimum absolute atomic E-state index is 0.501. The molecule has 0 bridgehead atoms. The minimum Gasteiger partial charge on any atom is -0.497 e. The molecular formula is C14H20O. The molecule has 0 amide bonds. The highest BCUT2D eigenvalue weighted by atomic mass is 16.5. The van der Waals surface area contributed by atoms with E-state index < -0.39 is 0 Å². The van der Waals surface area contributed by atoms with Gasteiger partial charge in [0.1, 0.15) is 5.75 Å². The van der Waals surface area contributed by atoms with E-state index in [0.29, 0.717) is 11.8 Å². The zero-order valence-electron chi connectivity index (χ0n) is 10.0. The van der Waals surface area contributed by atoms with Gasteiger partial charge in [-0.25, -0.2) is 0 Å². The third-order valence-electron chi connectivity index (χ3n) is 2.62. The summed E-state index contributed by atoms with van der Waals surface area (Å²) in [5, 5.41) is 0. The van der Waals surface area contributed by atoms with Crippen LogP contribution in [0.1, 0.15) is 32.3 Å². The molecule has 1 unspecified atom stereocenters. The van der Waals surface area contributed by atoms with Crippen molar-refractivity contribution in [3.8, 4) is 5.75 Å². The summed E-state index contributed by atoms with van der Waals surface area (Å²) >= 11 is 0. The summed E-state index contributed by atoms with van der Waals surface area (Å²) < 4.78 is 5.15. The first-order valence-corrected chi connectivity index (χ1v) is 5.45. The van der Waals surface area contributed by atoms with Gasteiger partial charge in [0, 0.05) is 5.92 Å². The van der Waals surface area contributed by atoms with Crippen LogP contribution in [0.3, 0.4) is 0 Å². The van der Waals surface area contributed by atoms with Gasteiger partial charge in [-0.3, -0.25) is 0 Å². The molecule has 1 nitrogen and oxygen atoms in total. The average Bonchev–Trinajstić information content (AvgIpc) is 2.26. The molecule has 15 heavy (non-hydrogen) atoms. The number of ether oxygens (including phenoxy) is 1. The Bertz CT molecular complexity index is 309. The summed E-state index contributed by atoms with van der Waals surface area (Å²) in [6, 6.07) is 8.33. The molecule has 1 aromatic carbocycles. The number of benzene rings is 1. The number of hydrogen-bond donors (Lipinski definition) is 0. The SMILES string of the molecule is C/C=C\C(c1ccc(OC)cc1)C(C)C. The van der Waals surface area contributed by atoms with E-state index >= 15 is 0 Å². The lowest BCUT2D eigenvalue weighted by Gasteiger charge is -2.17. The van der Waals surface area contributed by atoms with Crippen LogP contribution in [0.25, 0.3) is 0 Å². The fraction of sp³-hybridized carbons (Fsp3) is 0.429. The zero-order chi connectivity index (χ0) is 11.3. The molecule has 0 N–H and O–H groups in total. The average molecular weight is 204 g/mol. The molecule has 0 aliphatic carbocycles. The van der Waals surface area contributed by atoms with Crippen molar-refractivity contribution in [3.05, 3.63) is 42.0 Å². The molecule has 0 saturated carbocycles. The van der Waals surface area contributed by atoms with E-state index in [1.807, 2.05) is 12.1 Å². The summed E-state index contributed by atoms with van der Waals surface area (Å²) in [4.78, 5) is 0. The highest BCUT2D eigenvalue weighted by molar-refractivity contribution is 5.31. The molecule has 1 heteroatoms. The predicted octanol–water partition coefficient (Wildman–Crippen LogP) is 4.01. The van der Waals surface area contributed by atoms with Crippen LogP contribution < -0.4 is 4.74 Å². The maximum Gasteiger partial charge on any atom is 0.118 e. The van der Waals surface area contributed by atoms with Gasteiger partial charge in [0.15, 0.2) is 0 Å². The fourth-order valence-electron chi connectivity index (χ4n) is 1.75. The van der Waals surface area contributed by atoms with Crippen LogP contribution in [-0.4, -0.2) is 7.11 Å². The van der Waals surface area contributed by atoms with Gasteiger partial charge in [0.05, 0.1) is 7.11 Å². The molecule has 0 fully saturated rings. The second-order valence-corrected chi connectivity index (χ2v) is 4.07. The van der Waals surface area contributed by atoms with Gasteiger partial charge in [-0.2, -0.15) is 0 Å². The highest BCUT2D eigenvalue weighted by Gasteiger charge is 2.11. The summed E-state index contributed by atoms with van der Waals surface area (Å²) in [5.74, 6) is 2.04. The van der Waals surface area contributed by atoms with Gasteiger partial charge in [0.2, 0.25) is 0 Å². The van der Waals surface area contributed by atoms with E-state index in [0.717, 1.165) is 5.75 Å². The normalized spacial score (nSPS) is 13.4. The van der Waals surface area contributed by atoms with E-state index in [4.69, 9.17) is 4.74 Å². The largest absolute Gasteiger partial charge is 0.497 e. The molecule has 0 radical (unpaired) electrons. The maximum absolute atomic E-state index is 5.15. The van der Waals surface area contributed by atoms with Crippen LogP contribution >= 0.6 is 0 Å². The van der Waals surface area contributed by atoms with Crippen molar-refractivity contribution in [2.75, 3.05) is 7.11 Å². The molecule has 82 valence electrons. The summed E-state index contributed by atoms with van der Waals surface area (Å²) in [7, 11) is 1.70. The molecular weight excluding hydrogens is 184 g/mol. The Hall–Kier alpha value is -1.24. The third kappa shape index (κ3) is 3.12. The van der Waals surface area contributed by atoms with Gasteiger partial charge in [0.25, 0.3) is 0 Å². The van der Waals surface area contributed by atoms with Crippen molar-refractivity contribution < 1.29 is 4.74 Å². The second-order valence-electron chi connectivity index (χ2n) is 4.07. The van der Waals surface area contributed by atoms with Crippen LogP contribution in [0.2, 0.25) is 0 Å². The first-order chi connectivity index (χ1) is 7.19. The molecule has 1 atom stereocenters. The summed E-state index contributed by atoms with van der Waals surface area (Å²) in [5.41, 5.74) is 1.35. The Kier molecular flexibility index (Phi) is 4.41. The minimum atomic E-state index is 0.501. The first kappa shape index (κ1) is 11.8. The van der Waals surface area contributed by atoms with Crippen LogP contribution in [0.15, 0.2) is 36.4 Å². The Morgan fingerprint density at radius 1 is 1.13 bits per heavy atom. The molecule has 0 aliphatic heterocycles. The Morgan fingerprint density at radius 2 is 1.73 bits per heavy atom. The maximum atomic E-state index is 5.15. The lowest BCUT2D eigenvalue weighted by Crippen LogP contribution is -2.03. The number of rotatable bonds is 4. The van der Waals surface area contributed by atoms with E-state index in [1.54, 1.807) is 7.11 Å². The first-order valence-electron chi connectivity index (χ1n) is 5.45. The van der Waals surface area contributed by atoms with Crippen molar-refractivity contribution in [3.63, 3.8) is 0 Å². The number of allylic oxidation sites excluding steroid dienone is 2.